The van der Waals surface area contributed by atoms with Crippen molar-refractivity contribution in [3.8, 4) is 0 Å². The number of aromatic nitrogens is 2. The Hall–Kier alpha value is -0.680. The quantitative estimate of drug-likeness (QED) is 0.814. The molecule has 0 bridgehead atoms. The summed E-state index contributed by atoms with van der Waals surface area (Å²) >= 11 is 8.02. The first kappa shape index (κ1) is 10.8. The van der Waals surface area contributed by atoms with Gasteiger partial charge in [-0.2, -0.15) is 16.7 Å². The van der Waals surface area contributed by atoms with Crippen molar-refractivity contribution in [2.24, 2.45) is 0 Å². The van der Waals surface area contributed by atoms with Gasteiger partial charge in [0.05, 0.1) is 6.20 Å². The number of thioether (sulfide) groups is 1. The van der Waals surface area contributed by atoms with Crippen LogP contribution in [0, 0.1) is 0 Å². The Labute approximate surface area is 98.2 Å². The van der Waals surface area contributed by atoms with Crippen molar-refractivity contribution in [1.82, 2.24) is 9.97 Å². The summed E-state index contributed by atoms with van der Waals surface area (Å²) in [4.78, 5) is 10.2. The molecule has 1 aromatic heterocycles. The average Bonchev–Trinajstić information content (AvgIpc) is 2.50. The van der Waals surface area contributed by atoms with E-state index in [0.29, 0.717) is 5.02 Å². The lowest BCUT2D eigenvalue weighted by molar-refractivity contribution is 0.800. The molecule has 2 rings (SSSR count). The largest absolute Gasteiger partial charge is 0.368 e. The Morgan fingerprint density at radius 2 is 2.27 bits per heavy atom. The zero-order valence-electron chi connectivity index (χ0n) is 8.32. The van der Waals surface area contributed by atoms with Crippen LogP contribution in [0.25, 0.3) is 0 Å². The molecule has 2 N–H and O–H groups in total. The number of hydrogen-bond acceptors (Lipinski definition) is 5. The molecular weight excluding hydrogens is 232 g/mol. The molecule has 1 aliphatic rings. The van der Waals surface area contributed by atoms with Crippen LogP contribution in [0.5, 0.6) is 0 Å². The molecule has 82 valence electrons. The number of anilines is 2. The van der Waals surface area contributed by atoms with Crippen molar-refractivity contribution in [3.05, 3.63) is 11.2 Å². The normalized spacial score (nSPS) is 17.5. The fourth-order valence-corrected chi connectivity index (χ4v) is 2.65. The second-order valence-electron chi connectivity index (χ2n) is 3.35. The molecule has 1 aromatic rings. The Bertz CT molecular complexity index is 339. The van der Waals surface area contributed by atoms with Gasteiger partial charge in [-0.1, -0.05) is 11.6 Å². The summed E-state index contributed by atoms with van der Waals surface area (Å²) in [7, 11) is 0. The van der Waals surface area contributed by atoms with Crippen LogP contribution in [0.1, 0.15) is 6.42 Å². The molecule has 0 unspecified atom stereocenters. The van der Waals surface area contributed by atoms with E-state index in [1.165, 1.54) is 5.75 Å². The topological polar surface area (TPSA) is 55.0 Å². The Morgan fingerprint density at radius 3 is 3.13 bits per heavy atom. The van der Waals surface area contributed by atoms with Gasteiger partial charge in [0.2, 0.25) is 5.95 Å². The van der Waals surface area contributed by atoms with Crippen molar-refractivity contribution < 1.29 is 0 Å². The first-order chi connectivity index (χ1) is 7.27. The molecule has 1 saturated heterocycles. The number of nitrogen functional groups attached to an aromatic ring is 1. The molecule has 0 spiro atoms. The molecule has 15 heavy (non-hydrogen) atoms. The summed E-state index contributed by atoms with van der Waals surface area (Å²) in [6, 6.07) is 0. The highest BCUT2D eigenvalue weighted by Gasteiger charge is 2.14. The maximum Gasteiger partial charge on any atom is 0.222 e. The molecule has 1 aliphatic heterocycles. The summed E-state index contributed by atoms with van der Waals surface area (Å²) in [5, 5.41) is 0.580. The van der Waals surface area contributed by atoms with Crippen molar-refractivity contribution in [3.63, 3.8) is 0 Å². The van der Waals surface area contributed by atoms with Crippen LogP contribution in [0.4, 0.5) is 11.8 Å². The molecule has 2 heterocycles. The average molecular weight is 245 g/mol. The van der Waals surface area contributed by atoms with Gasteiger partial charge in [-0.3, -0.25) is 0 Å². The summed E-state index contributed by atoms with van der Waals surface area (Å²) < 4.78 is 0. The summed E-state index contributed by atoms with van der Waals surface area (Å²) in [6.45, 7) is 1.96. The van der Waals surface area contributed by atoms with Crippen LogP contribution in [0.2, 0.25) is 5.02 Å². The van der Waals surface area contributed by atoms with Crippen LogP contribution in [-0.2, 0) is 0 Å². The highest BCUT2D eigenvalue weighted by atomic mass is 35.5. The van der Waals surface area contributed by atoms with E-state index in [0.717, 1.165) is 31.1 Å². The van der Waals surface area contributed by atoms with Gasteiger partial charge in [-0.25, -0.2) is 4.98 Å². The first-order valence-corrected chi connectivity index (χ1v) is 6.41. The molecule has 4 nitrogen and oxygen atoms in total. The van der Waals surface area contributed by atoms with E-state index >= 15 is 0 Å². The van der Waals surface area contributed by atoms with Crippen molar-refractivity contribution in [2.45, 2.75) is 6.42 Å². The van der Waals surface area contributed by atoms with Crippen LogP contribution in [0.15, 0.2) is 6.20 Å². The van der Waals surface area contributed by atoms with E-state index < -0.39 is 0 Å². The van der Waals surface area contributed by atoms with Crippen LogP contribution in [0.3, 0.4) is 0 Å². The van der Waals surface area contributed by atoms with Gasteiger partial charge in [0.15, 0.2) is 5.82 Å². The summed E-state index contributed by atoms with van der Waals surface area (Å²) in [5.41, 5.74) is 5.56. The van der Waals surface area contributed by atoms with Crippen LogP contribution >= 0.6 is 23.4 Å². The molecule has 0 aliphatic carbocycles. The maximum atomic E-state index is 6.05. The maximum absolute atomic E-state index is 6.05. The minimum atomic E-state index is 0.284. The molecule has 0 radical (unpaired) electrons. The third kappa shape index (κ3) is 2.66. The minimum Gasteiger partial charge on any atom is -0.368 e. The van der Waals surface area contributed by atoms with Gasteiger partial charge >= 0.3 is 0 Å². The van der Waals surface area contributed by atoms with Gasteiger partial charge in [0.1, 0.15) is 5.02 Å². The molecular formula is C9H13ClN4S. The SMILES string of the molecule is Nc1ncc(Cl)c(N2CCCSCC2)n1. The number of nitrogens with zero attached hydrogens (tertiary/aromatic N) is 3. The van der Waals surface area contributed by atoms with Gasteiger partial charge in [0.25, 0.3) is 0 Å². The first-order valence-electron chi connectivity index (χ1n) is 4.88. The van der Waals surface area contributed by atoms with E-state index in [2.05, 4.69) is 14.9 Å². The van der Waals surface area contributed by atoms with E-state index in [4.69, 9.17) is 17.3 Å². The van der Waals surface area contributed by atoms with Gasteiger partial charge in [-0.05, 0) is 12.2 Å². The summed E-state index contributed by atoms with van der Waals surface area (Å²) in [5.74, 6) is 3.37. The van der Waals surface area contributed by atoms with Crippen molar-refractivity contribution >= 4 is 35.1 Å². The monoisotopic (exact) mass is 244 g/mol. The van der Waals surface area contributed by atoms with E-state index in [1.807, 2.05) is 11.8 Å². The Morgan fingerprint density at radius 1 is 1.40 bits per heavy atom. The Kier molecular flexibility index (Phi) is 3.53. The number of hydrogen-bond donors (Lipinski definition) is 1. The molecule has 1 fully saturated rings. The summed E-state index contributed by atoms with van der Waals surface area (Å²) in [6.07, 6.45) is 2.72. The van der Waals surface area contributed by atoms with Crippen LogP contribution in [-0.4, -0.2) is 34.6 Å². The standard InChI is InChI=1S/C9H13ClN4S/c10-7-6-12-9(11)13-8(7)14-2-1-4-15-5-3-14/h6H,1-5H2,(H2,11,12,13). The molecule has 0 amide bonds. The zero-order chi connectivity index (χ0) is 10.7. The smallest absolute Gasteiger partial charge is 0.222 e. The predicted octanol–water partition coefficient (Wildman–Crippen LogP) is 1.66. The van der Waals surface area contributed by atoms with Gasteiger partial charge in [0, 0.05) is 18.8 Å². The number of rotatable bonds is 1. The van der Waals surface area contributed by atoms with E-state index in [9.17, 15) is 0 Å². The highest BCUT2D eigenvalue weighted by Crippen LogP contribution is 2.25. The molecule has 0 aromatic carbocycles. The molecule has 6 heteroatoms. The van der Waals surface area contributed by atoms with Crippen molar-refractivity contribution in [2.75, 3.05) is 35.2 Å². The van der Waals surface area contributed by atoms with Gasteiger partial charge < -0.3 is 10.6 Å². The third-order valence-electron chi connectivity index (χ3n) is 2.27. The fraction of sp³-hybridized carbons (Fsp3) is 0.556. The lowest BCUT2D eigenvalue weighted by Gasteiger charge is -2.21. The molecule has 0 atom stereocenters. The van der Waals surface area contributed by atoms with Gasteiger partial charge in [-0.15, -0.1) is 0 Å². The Balaban J connectivity index is 2.22. The third-order valence-corrected chi connectivity index (χ3v) is 3.58. The van der Waals surface area contributed by atoms with E-state index in [1.54, 1.807) is 6.20 Å². The van der Waals surface area contributed by atoms with Crippen LogP contribution < -0.4 is 10.6 Å². The lowest BCUT2D eigenvalue weighted by Crippen LogP contribution is -2.27. The molecule has 0 saturated carbocycles. The van der Waals surface area contributed by atoms with E-state index in [-0.39, 0.29) is 5.95 Å². The fourth-order valence-electron chi connectivity index (χ4n) is 1.55. The zero-order valence-corrected chi connectivity index (χ0v) is 9.89. The lowest BCUT2D eigenvalue weighted by atomic mass is 10.4. The highest BCUT2D eigenvalue weighted by molar-refractivity contribution is 7.99. The second kappa shape index (κ2) is 4.90. The number of nitrogens with two attached hydrogens (primary N) is 1. The van der Waals surface area contributed by atoms with Crippen molar-refractivity contribution in [1.29, 1.82) is 0 Å². The predicted molar refractivity (Wildman–Crippen MR) is 65.6 cm³/mol. The minimum absolute atomic E-state index is 0.284. The second-order valence-corrected chi connectivity index (χ2v) is 4.98. The number of halogens is 1.